The molecule has 4 rings (SSSR count). The fraction of sp³-hybridized carbons (Fsp3) is 0.0870. The average Bonchev–Trinajstić information content (AvgIpc) is 3.10. The molecule has 3 N–H and O–H groups in total. The molecule has 0 aliphatic rings. The summed E-state index contributed by atoms with van der Waals surface area (Å²) in [4.78, 5) is 14.6. The van der Waals surface area contributed by atoms with E-state index >= 15 is 0 Å². The van der Waals surface area contributed by atoms with Crippen LogP contribution in [0.3, 0.4) is 0 Å². The second-order valence-corrected chi connectivity index (χ2v) is 12.1. The number of aryl methyl sites for hydroxylation is 2. The molecule has 0 aliphatic carbocycles. The molecule has 1 aromatic heterocycles. The highest BCUT2D eigenvalue weighted by molar-refractivity contribution is 7.93. The van der Waals surface area contributed by atoms with Gasteiger partial charge in [0.15, 0.2) is 5.82 Å². The maximum atomic E-state index is 13.0. The van der Waals surface area contributed by atoms with E-state index in [9.17, 15) is 21.6 Å². The van der Waals surface area contributed by atoms with Crippen molar-refractivity contribution in [3.63, 3.8) is 0 Å². The van der Waals surface area contributed by atoms with Crippen LogP contribution < -0.4 is 20.6 Å². The first-order valence-corrected chi connectivity index (χ1v) is 14.3. The Morgan fingerprint density at radius 1 is 0.784 bits per heavy atom. The van der Waals surface area contributed by atoms with Gasteiger partial charge in [-0.1, -0.05) is 64.7 Å². The first-order chi connectivity index (χ1) is 17.4. The van der Waals surface area contributed by atoms with Crippen LogP contribution in [0.25, 0.3) is 0 Å². The molecular weight excluding hydrogens is 563 g/mol. The number of halogens is 2. The summed E-state index contributed by atoms with van der Waals surface area (Å²) in [6.45, 7) is 3.58. The SMILES string of the molecule is Cc1ccc(S(=O)(=O)Nc2oc(=O)n(NS(=O)(=O)c3ccc(C)cc3)c2Nc2cccc(Cl)c2Cl)cc1. The van der Waals surface area contributed by atoms with Crippen molar-refractivity contribution >= 4 is 60.6 Å². The van der Waals surface area contributed by atoms with Gasteiger partial charge in [-0.25, -0.2) is 22.8 Å². The van der Waals surface area contributed by atoms with Crippen molar-refractivity contribution in [2.75, 3.05) is 14.9 Å². The summed E-state index contributed by atoms with van der Waals surface area (Å²) in [5.41, 5.74) is 1.80. The summed E-state index contributed by atoms with van der Waals surface area (Å²) in [6.07, 6.45) is 0. The number of nitrogens with zero attached hydrogens (tertiary/aromatic N) is 1. The van der Waals surface area contributed by atoms with Crippen molar-refractivity contribution in [2.45, 2.75) is 23.6 Å². The van der Waals surface area contributed by atoms with E-state index in [1.165, 1.54) is 36.4 Å². The van der Waals surface area contributed by atoms with Crippen molar-refractivity contribution in [1.82, 2.24) is 4.68 Å². The molecule has 0 bridgehead atoms. The molecule has 0 atom stereocenters. The van der Waals surface area contributed by atoms with Crippen molar-refractivity contribution < 1.29 is 21.3 Å². The molecule has 194 valence electrons. The molecule has 0 aliphatic heterocycles. The Morgan fingerprint density at radius 3 is 1.89 bits per heavy atom. The predicted molar refractivity (Wildman–Crippen MR) is 142 cm³/mol. The van der Waals surface area contributed by atoms with Gasteiger partial charge in [-0.2, -0.15) is 13.1 Å². The number of rotatable bonds is 8. The molecule has 0 amide bonds. The Balaban J connectivity index is 1.81. The topological polar surface area (TPSA) is 140 Å². The second-order valence-electron chi connectivity index (χ2n) is 7.93. The standard InChI is InChI=1S/C23H20Cl2N4O6S2/c1-14-6-10-16(11-7-14)36(31,32)27-22-21(26-19-5-3-4-18(24)20(19)25)29(23(30)35-22)28-37(33,34)17-12-8-15(2)9-13-17/h3-13,26-28H,1-2H3. The Kier molecular flexibility index (Phi) is 7.29. The number of sulfonamides is 2. The van der Waals surface area contributed by atoms with E-state index in [4.69, 9.17) is 27.6 Å². The van der Waals surface area contributed by atoms with Crippen molar-refractivity contribution in [1.29, 1.82) is 0 Å². The number of anilines is 3. The summed E-state index contributed by atoms with van der Waals surface area (Å²) in [5, 5.41) is 2.93. The zero-order chi connectivity index (χ0) is 27.0. The first-order valence-electron chi connectivity index (χ1n) is 10.5. The Hall–Kier alpha value is -3.45. The van der Waals surface area contributed by atoms with Crippen LogP contribution in [0, 0.1) is 13.8 Å². The van der Waals surface area contributed by atoms with E-state index in [1.54, 1.807) is 44.2 Å². The van der Waals surface area contributed by atoms with E-state index in [1.807, 2.05) is 0 Å². The minimum Gasteiger partial charge on any atom is -0.387 e. The monoisotopic (exact) mass is 582 g/mol. The number of oxazole rings is 1. The van der Waals surface area contributed by atoms with Gasteiger partial charge >= 0.3 is 5.76 Å². The predicted octanol–water partition coefficient (Wildman–Crippen LogP) is 4.84. The minimum absolute atomic E-state index is 0.0399. The lowest BCUT2D eigenvalue weighted by Gasteiger charge is -2.14. The van der Waals surface area contributed by atoms with Gasteiger partial charge in [-0.3, -0.25) is 0 Å². The summed E-state index contributed by atoms with van der Waals surface area (Å²) in [6, 6.07) is 16.3. The molecule has 1 heterocycles. The van der Waals surface area contributed by atoms with Gasteiger partial charge < -0.3 is 9.73 Å². The molecule has 0 saturated heterocycles. The quantitative estimate of drug-likeness (QED) is 0.270. The molecule has 0 unspecified atom stereocenters. The highest BCUT2D eigenvalue weighted by atomic mass is 35.5. The van der Waals surface area contributed by atoms with E-state index in [-0.39, 0.29) is 31.3 Å². The lowest BCUT2D eigenvalue weighted by molar-refractivity contribution is 0.510. The van der Waals surface area contributed by atoms with E-state index in [0.717, 1.165) is 11.1 Å². The van der Waals surface area contributed by atoms with Gasteiger partial charge in [0.2, 0.25) is 0 Å². The largest absolute Gasteiger partial charge is 0.442 e. The third-order valence-corrected chi connectivity index (χ3v) is 8.60. The number of hydrogen-bond acceptors (Lipinski definition) is 7. The van der Waals surface area contributed by atoms with Crippen LogP contribution in [0.1, 0.15) is 11.1 Å². The molecule has 3 aromatic carbocycles. The Labute approximate surface area is 222 Å². The second kappa shape index (κ2) is 10.1. The highest BCUT2D eigenvalue weighted by Gasteiger charge is 2.27. The van der Waals surface area contributed by atoms with Gasteiger partial charge in [0, 0.05) is 0 Å². The van der Waals surface area contributed by atoms with Gasteiger partial charge in [0.1, 0.15) is 0 Å². The van der Waals surface area contributed by atoms with E-state index < -0.39 is 31.7 Å². The molecular formula is C23H20Cl2N4O6S2. The molecule has 14 heteroatoms. The average molecular weight is 583 g/mol. The number of benzene rings is 3. The maximum absolute atomic E-state index is 13.0. The number of hydrogen-bond donors (Lipinski definition) is 3. The van der Waals surface area contributed by atoms with Crippen LogP contribution in [-0.4, -0.2) is 21.5 Å². The lowest BCUT2D eigenvalue weighted by Crippen LogP contribution is -2.31. The fourth-order valence-electron chi connectivity index (χ4n) is 3.16. The molecule has 37 heavy (non-hydrogen) atoms. The lowest BCUT2D eigenvalue weighted by atomic mass is 10.2. The molecule has 0 saturated carbocycles. The van der Waals surface area contributed by atoms with Crippen molar-refractivity contribution in [3.8, 4) is 0 Å². The van der Waals surface area contributed by atoms with Crippen LogP contribution >= 0.6 is 23.2 Å². The summed E-state index contributed by atoms with van der Waals surface area (Å²) in [5.74, 6) is -2.20. The Bertz CT molecular complexity index is 1730. The van der Waals surface area contributed by atoms with Crippen LogP contribution in [-0.2, 0) is 20.0 Å². The molecule has 0 radical (unpaired) electrons. The fourth-order valence-corrected chi connectivity index (χ4v) is 5.50. The van der Waals surface area contributed by atoms with Crippen molar-refractivity contribution in [2.24, 2.45) is 0 Å². The van der Waals surface area contributed by atoms with Gasteiger partial charge in [-0.05, 0) is 50.2 Å². The van der Waals surface area contributed by atoms with E-state index in [2.05, 4.69) is 14.9 Å². The molecule has 10 nitrogen and oxygen atoms in total. The van der Waals surface area contributed by atoms with Crippen molar-refractivity contribution in [3.05, 3.63) is 98.5 Å². The number of aromatic nitrogens is 1. The van der Waals surface area contributed by atoms with Gasteiger partial charge in [-0.15, -0.1) is 0 Å². The summed E-state index contributed by atoms with van der Waals surface area (Å²) < 4.78 is 59.8. The zero-order valence-corrected chi connectivity index (χ0v) is 22.5. The third kappa shape index (κ3) is 5.77. The molecule has 4 aromatic rings. The first kappa shape index (κ1) is 26.6. The van der Waals surface area contributed by atoms with Gasteiger partial charge in [0.05, 0.1) is 25.5 Å². The van der Waals surface area contributed by atoms with E-state index in [0.29, 0.717) is 4.68 Å². The molecule has 0 spiro atoms. The van der Waals surface area contributed by atoms with Crippen LogP contribution in [0.15, 0.2) is 85.7 Å². The Morgan fingerprint density at radius 2 is 1.32 bits per heavy atom. The maximum Gasteiger partial charge on any atom is 0.442 e. The van der Waals surface area contributed by atoms with Gasteiger partial charge in [0.25, 0.3) is 25.9 Å². The van der Waals surface area contributed by atoms with Crippen LogP contribution in [0.4, 0.5) is 17.4 Å². The minimum atomic E-state index is -4.30. The highest BCUT2D eigenvalue weighted by Crippen LogP contribution is 2.34. The van der Waals surface area contributed by atoms with Crippen LogP contribution in [0.2, 0.25) is 10.0 Å². The number of nitrogens with one attached hydrogen (secondary N) is 3. The third-order valence-electron chi connectivity index (χ3n) is 5.12. The summed E-state index contributed by atoms with van der Waals surface area (Å²) >= 11 is 12.3. The molecule has 0 fully saturated rings. The zero-order valence-electron chi connectivity index (χ0n) is 19.3. The smallest absolute Gasteiger partial charge is 0.387 e. The van der Waals surface area contributed by atoms with Crippen LogP contribution in [0.5, 0.6) is 0 Å². The normalized spacial score (nSPS) is 11.8. The summed E-state index contributed by atoms with van der Waals surface area (Å²) in [7, 11) is -8.54.